The number of carbonyl (C=O) groups is 1. The molecule has 2 N–H and O–H groups in total. The molecule has 2 heterocycles. The standard InChI is InChI=1S/C13H16N4O2/c1-8-5-4-6-12(15-8)16-13(18)14-7-11-9(2)17-19-10(11)3/h4-6H,7H2,1-3H3,(H2,14,15,16,18). The van der Waals surface area contributed by atoms with E-state index in [-0.39, 0.29) is 6.03 Å². The first-order chi connectivity index (χ1) is 9.06. The Kier molecular flexibility index (Phi) is 3.79. The molecule has 0 atom stereocenters. The van der Waals surface area contributed by atoms with Crippen molar-refractivity contribution in [3.8, 4) is 0 Å². The number of aromatic nitrogens is 2. The Morgan fingerprint density at radius 3 is 2.74 bits per heavy atom. The second-order valence-electron chi connectivity index (χ2n) is 4.27. The van der Waals surface area contributed by atoms with Crippen LogP contribution in [-0.4, -0.2) is 16.2 Å². The van der Waals surface area contributed by atoms with Crippen LogP contribution in [0.5, 0.6) is 0 Å². The average molecular weight is 260 g/mol. The number of anilines is 1. The van der Waals surface area contributed by atoms with Crippen molar-refractivity contribution < 1.29 is 9.32 Å². The summed E-state index contributed by atoms with van der Waals surface area (Å²) in [5.41, 5.74) is 2.53. The topological polar surface area (TPSA) is 80.0 Å². The van der Waals surface area contributed by atoms with Crippen molar-refractivity contribution in [3.05, 3.63) is 40.9 Å². The van der Waals surface area contributed by atoms with Crippen LogP contribution in [0.3, 0.4) is 0 Å². The van der Waals surface area contributed by atoms with Crippen molar-refractivity contribution >= 4 is 11.8 Å². The molecule has 0 radical (unpaired) electrons. The highest BCUT2D eigenvalue weighted by Gasteiger charge is 2.10. The lowest BCUT2D eigenvalue weighted by Crippen LogP contribution is -2.28. The second-order valence-corrected chi connectivity index (χ2v) is 4.27. The fraction of sp³-hybridized carbons (Fsp3) is 0.308. The molecule has 19 heavy (non-hydrogen) atoms. The molecule has 2 aromatic rings. The molecule has 0 aromatic carbocycles. The predicted octanol–water partition coefficient (Wildman–Crippen LogP) is 2.32. The van der Waals surface area contributed by atoms with Gasteiger partial charge in [0.15, 0.2) is 0 Å². The van der Waals surface area contributed by atoms with Crippen LogP contribution in [0.15, 0.2) is 22.7 Å². The first-order valence-electron chi connectivity index (χ1n) is 5.96. The lowest BCUT2D eigenvalue weighted by molar-refractivity contribution is 0.251. The maximum atomic E-state index is 11.7. The summed E-state index contributed by atoms with van der Waals surface area (Å²) in [4.78, 5) is 15.9. The number of nitrogens with zero attached hydrogens (tertiary/aromatic N) is 2. The summed E-state index contributed by atoms with van der Waals surface area (Å²) in [6.45, 7) is 5.90. The summed E-state index contributed by atoms with van der Waals surface area (Å²) in [5.74, 6) is 1.24. The molecule has 0 spiro atoms. The number of hydrogen-bond donors (Lipinski definition) is 2. The van der Waals surface area contributed by atoms with Gasteiger partial charge in [-0.3, -0.25) is 5.32 Å². The highest BCUT2D eigenvalue weighted by molar-refractivity contribution is 5.88. The Balaban J connectivity index is 1.92. The van der Waals surface area contributed by atoms with E-state index in [4.69, 9.17) is 4.52 Å². The van der Waals surface area contributed by atoms with Gasteiger partial charge in [0.2, 0.25) is 0 Å². The van der Waals surface area contributed by atoms with Crippen molar-refractivity contribution in [3.63, 3.8) is 0 Å². The van der Waals surface area contributed by atoms with Crippen LogP contribution in [0.1, 0.15) is 22.7 Å². The van der Waals surface area contributed by atoms with E-state index in [1.54, 1.807) is 6.07 Å². The fourth-order valence-electron chi connectivity index (χ4n) is 1.70. The van der Waals surface area contributed by atoms with Gasteiger partial charge in [0, 0.05) is 17.8 Å². The van der Waals surface area contributed by atoms with E-state index in [9.17, 15) is 4.79 Å². The summed E-state index contributed by atoms with van der Waals surface area (Å²) in [6, 6.07) is 5.14. The molecule has 6 heteroatoms. The van der Waals surface area contributed by atoms with Crippen LogP contribution >= 0.6 is 0 Å². The molecule has 0 saturated carbocycles. The maximum Gasteiger partial charge on any atom is 0.320 e. The summed E-state index contributed by atoms with van der Waals surface area (Å²) in [5, 5.41) is 9.25. The molecule has 2 rings (SSSR count). The third-order valence-corrected chi connectivity index (χ3v) is 2.74. The van der Waals surface area contributed by atoms with Crippen molar-refractivity contribution in [2.75, 3.05) is 5.32 Å². The minimum absolute atomic E-state index is 0.307. The number of pyridine rings is 1. The molecule has 0 unspecified atom stereocenters. The maximum absolute atomic E-state index is 11.7. The van der Waals surface area contributed by atoms with Gasteiger partial charge in [0.05, 0.1) is 5.69 Å². The van der Waals surface area contributed by atoms with Gasteiger partial charge in [-0.15, -0.1) is 0 Å². The van der Waals surface area contributed by atoms with E-state index in [2.05, 4.69) is 20.8 Å². The predicted molar refractivity (Wildman–Crippen MR) is 70.8 cm³/mol. The summed E-state index contributed by atoms with van der Waals surface area (Å²) in [6.07, 6.45) is 0. The third-order valence-electron chi connectivity index (χ3n) is 2.74. The minimum atomic E-state index is -0.307. The van der Waals surface area contributed by atoms with Gasteiger partial charge in [-0.25, -0.2) is 9.78 Å². The van der Waals surface area contributed by atoms with Gasteiger partial charge in [-0.05, 0) is 32.9 Å². The van der Waals surface area contributed by atoms with E-state index in [0.29, 0.717) is 18.1 Å². The normalized spacial score (nSPS) is 10.3. The molecular formula is C13H16N4O2. The summed E-state index contributed by atoms with van der Waals surface area (Å²) >= 11 is 0. The Bertz CT molecular complexity index is 573. The van der Waals surface area contributed by atoms with Gasteiger partial charge in [-0.2, -0.15) is 0 Å². The van der Waals surface area contributed by atoms with Gasteiger partial charge in [0.1, 0.15) is 11.6 Å². The van der Waals surface area contributed by atoms with Crippen LogP contribution in [-0.2, 0) is 6.54 Å². The zero-order valence-electron chi connectivity index (χ0n) is 11.2. The summed E-state index contributed by atoms with van der Waals surface area (Å²) < 4.78 is 5.03. The van der Waals surface area contributed by atoms with Gasteiger partial charge in [0.25, 0.3) is 0 Å². The quantitative estimate of drug-likeness (QED) is 0.887. The number of carbonyl (C=O) groups excluding carboxylic acids is 1. The van der Waals surface area contributed by atoms with E-state index in [0.717, 1.165) is 17.0 Å². The van der Waals surface area contributed by atoms with Crippen LogP contribution < -0.4 is 10.6 Å². The number of nitrogens with one attached hydrogen (secondary N) is 2. The molecule has 0 bridgehead atoms. The zero-order chi connectivity index (χ0) is 13.8. The second kappa shape index (κ2) is 5.51. The molecular weight excluding hydrogens is 244 g/mol. The molecule has 6 nitrogen and oxygen atoms in total. The molecule has 0 fully saturated rings. The smallest absolute Gasteiger partial charge is 0.320 e. The Morgan fingerprint density at radius 1 is 1.32 bits per heavy atom. The Morgan fingerprint density at radius 2 is 2.11 bits per heavy atom. The van der Waals surface area contributed by atoms with E-state index in [1.807, 2.05) is 32.9 Å². The number of urea groups is 1. The van der Waals surface area contributed by atoms with Crippen LogP contribution in [0.4, 0.5) is 10.6 Å². The van der Waals surface area contributed by atoms with Crippen LogP contribution in [0.2, 0.25) is 0 Å². The van der Waals surface area contributed by atoms with Crippen molar-refractivity contribution in [1.82, 2.24) is 15.5 Å². The Labute approximate surface area is 111 Å². The number of rotatable bonds is 3. The Hall–Kier alpha value is -2.37. The van der Waals surface area contributed by atoms with Gasteiger partial charge in [-0.1, -0.05) is 11.2 Å². The van der Waals surface area contributed by atoms with E-state index in [1.165, 1.54) is 0 Å². The lowest BCUT2D eigenvalue weighted by atomic mass is 10.2. The molecule has 0 aliphatic heterocycles. The van der Waals surface area contributed by atoms with Crippen LogP contribution in [0, 0.1) is 20.8 Å². The number of amides is 2. The summed E-state index contributed by atoms with van der Waals surface area (Å²) in [7, 11) is 0. The van der Waals surface area contributed by atoms with Crippen molar-refractivity contribution in [1.29, 1.82) is 0 Å². The van der Waals surface area contributed by atoms with Crippen molar-refractivity contribution in [2.45, 2.75) is 27.3 Å². The largest absolute Gasteiger partial charge is 0.361 e. The zero-order valence-corrected chi connectivity index (χ0v) is 11.2. The lowest BCUT2D eigenvalue weighted by Gasteiger charge is -2.07. The average Bonchev–Trinajstić information content (AvgIpc) is 2.67. The van der Waals surface area contributed by atoms with Crippen molar-refractivity contribution in [2.24, 2.45) is 0 Å². The SMILES string of the molecule is Cc1cccc(NC(=O)NCc2c(C)noc2C)n1. The molecule has 0 saturated heterocycles. The number of aryl methyl sites for hydroxylation is 3. The highest BCUT2D eigenvalue weighted by atomic mass is 16.5. The first kappa shape index (κ1) is 13.1. The van der Waals surface area contributed by atoms with Gasteiger partial charge >= 0.3 is 6.03 Å². The molecule has 0 aliphatic rings. The molecule has 2 amide bonds. The van der Waals surface area contributed by atoms with Crippen LogP contribution in [0.25, 0.3) is 0 Å². The fourth-order valence-corrected chi connectivity index (χ4v) is 1.70. The highest BCUT2D eigenvalue weighted by Crippen LogP contribution is 2.11. The minimum Gasteiger partial charge on any atom is -0.361 e. The molecule has 2 aromatic heterocycles. The first-order valence-corrected chi connectivity index (χ1v) is 5.96. The molecule has 0 aliphatic carbocycles. The van der Waals surface area contributed by atoms with E-state index >= 15 is 0 Å². The van der Waals surface area contributed by atoms with E-state index < -0.39 is 0 Å². The van der Waals surface area contributed by atoms with Gasteiger partial charge < -0.3 is 9.84 Å². The third kappa shape index (κ3) is 3.31. The molecule has 100 valence electrons. The number of hydrogen-bond acceptors (Lipinski definition) is 4. The monoisotopic (exact) mass is 260 g/mol.